The molecule has 196 valence electrons. The van der Waals surface area contributed by atoms with E-state index in [0.29, 0.717) is 25.6 Å². The summed E-state index contributed by atoms with van der Waals surface area (Å²) in [5.41, 5.74) is 0.690. The molecule has 0 unspecified atom stereocenters. The summed E-state index contributed by atoms with van der Waals surface area (Å²) in [5.74, 6) is 0.486. The van der Waals surface area contributed by atoms with Gasteiger partial charge in [0, 0.05) is 12.5 Å². The summed E-state index contributed by atoms with van der Waals surface area (Å²) in [5, 5.41) is 15.3. The van der Waals surface area contributed by atoms with Crippen LogP contribution in [0.2, 0.25) is 0 Å². The molecule has 3 N–H and O–H groups in total. The number of piperidine rings is 1. The van der Waals surface area contributed by atoms with Crippen LogP contribution in [0.3, 0.4) is 0 Å². The number of carboxylic acid groups (broad SMARTS) is 1. The van der Waals surface area contributed by atoms with Gasteiger partial charge in [-0.1, -0.05) is 18.2 Å². The summed E-state index contributed by atoms with van der Waals surface area (Å²) >= 11 is 0. The van der Waals surface area contributed by atoms with Crippen molar-refractivity contribution in [1.82, 2.24) is 10.6 Å². The third kappa shape index (κ3) is 9.33. The fourth-order valence-corrected chi connectivity index (χ4v) is 4.89. The van der Waals surface area contributed by atoms with Crippen LogP contribution in [0.4, 0.5) is 4.79 Å². The number of para-hydroxylation sites is 1. The van der Waals surface area contributed by atoms with Crippen LogP contribution in [0.15, 0.2) is 24.3 Å². The molecule has 1 heterocycles. The van der Waals surface area contributed by atoms with Gasteiger partial charge in [0.25, 0.3) is 0 Å². The SMILES string of the molecule is CC(C)(C)OC(=O)N[C@H]1CCCN[C@H]1COC1CCC(c2ccccc2OCCCC(=O)O)CC1. The Labute approximate surface area is 209 Å². The second kappa shape index (κ2) is 13.1. The van der Waals surface area contributed by atoms with Crippen molar-refractivity contribution in [2.45, 2.75) is 102 Å². The number of carboxylic acids is 1. The molecule has 8 nitrogen and oxygen atoms in total. The molecule has 2 fully saturated rings. The van der Waals surface area contributed by atoms with Crippen molar-refractivity contribution in [3.05, 3.63) is 29.8 Å². The van der Waals surface area contributed by atoms with Crippen LogP contribution < -0.4 is 15.4 Å². The van der Waals surface area contributed by atoms with Crippen LogP contribution in [0.5, 0.6) is 5.75 Å². The van der Waals surface area contributed by atoms with Gasteiger partial charge < -0.3 is 30.0 Å². The van der Waals surface area contributed by atoms with E-state index in [1.807, 2.05) is 39.0 Å². The lowest BCUT2D eigenvalue weighted by molar-refractivity contribution is -0.137. The number of alkyl carbamates (subject to hydrolysis) is 1. The third-order valence-electron chi connectivity index (χ3n) is 6.62. The van der Waals surface area contributed by atoms with Crippen molar-refractivity contribution in [1.29, 1.82) is 0 Å². The summed E-state index contributed by atoms with van der Waals surface area (Å²) in [4.78, 5) is 23.0. The highest BCUT2D eigenvalue weighted by Gasteiger charge is 2.30. The predicted molar refractivity (Wildman–Crippen MR) is 134 cm³/mol. The van der Waals surface area contributed by atoms with Gasteiger partial charge in [0.1, 0.15) is 11.4 Å². The maximum Gasteiger partial charge on any atom is 0.407 e. The summed E-state index contributed by atoms with van der Waals surface area (Å²) < 4.78 is 17.7. The number of carbonyl (C=O) groups is 2. The Morgan fingerprint density at radius 1 is 1.11 bits per heavy atom. The minimum atomic E-state index is -0.796. The molecule has 1 saturated carbocycles. The lowest BCUT2D eigenvalue weighted by atomic mass is 9.82. The zero-order valence-electron chi connectivity index (χ0n) is 21.4. The molecular formula is C27H42N2O6. The zero-order chi connectivity index (χ0) is 25.3. The maximum atomic E-state index is 12.3. The van der Waals surface area contributed by atoms with Gasteiger partial charge in [-0.3, -0.25) is 4.79 Å². The highest BCUT2D eigenvalue weighted by Crippen LogP contribution is 2.38. The number of nitrogens with one attached hydrogen (secondary N) is 2. The number of rotatable bonds is 10. The Hall–Kier alpha value is -2.32. The van der Waals surface area contributed by atoms with E-state index in [1.165, 1.54) is 5.56 Å². The van der Waals surface area contributed by atoms with E-state index in [-0.39, 0.29) is 30.7 Å². The van der Waals surface area contributed by atoms with Crippen molar-refractivity contribution in [2.24, 2.45) is 0 Å². The van der Waals surface area contributed by atoms with Gasteiger partial charge in [0.05, 0.1) is 25.4 Å². The Kier molecular flexibility index (Phi) is 10.2. The number of amides is 1. The zero-order valence-corrected chi connectivity index (χ0v) is 21.4. The lowest BCUT2D eigenvalue weighted by Gasteiger charge is -2.36. The van der Waals surface area contributed by atoms with Crippen molar-refractivity contribution >= 4 is 12.1 Å². The summed E-state index contributed by atoms with van der Waals surface area (Å²) in [6.45, 7) is 7.51. The number of benzene rings is 1. The van der Waals surface area contributed by atoms with Crippen molar-refractivity contribution in [3.63, 3.8) is 0 Å². The molecule has 0 bridgehead atoms. The van der Waals surface area contributed by atoms with Crippen molar-refractivity contribution < 1.29 is 28.9 Å². The smallest absolute Gasteiger partial charge is 0.407 e. The summed E-state index contributed by atoms with van der Waals surface area (Å²) in [6.07, 6.45) is 6.40. The predicted octanol–water partition coefficient (Wildman–Crippen LogP) is 4.62. The fourth-order valence-electron chi connectivity index (χ4n) is 4.89. The van der Waals surface area contributed by atoms with Crippen LogP contribution in [-0.2, 0) is 14.3 Å². The van der Waals surface area contributed by atoms with Crippen LogP contribution in [-0.4, -0.2) is 60.7 Å². The minimum Gasteiger partial charge on any atom is -0.493 e. The van der Waals surface area contributed by atoms with Crippen LogP contribution in [0.25, 0.3) is 0 Å². The molecule has 1 aromatic carbocycles. The molecular weight excluding hydrogens is 448 g/mol. The highest BCUT2D eigenvalue weighted by atomic mass is 16.6. The van der Waals surface area contributed by atoms with Gasteiger partial charge in [-0.05, 0) is 89.8 Å². The van der Waals surface area contributed by atoms with Crippen LogP contribution in [0, 0.1) is 0 Å². The fraction of sp³-hybridized carbons (Fsp3) is 0.704. The number of aliphatic carboxylic acids is 1. The topological polar surface area (TPSA) is 106 Å². The first-order chi connectivity index (χ1) is 16.7. The molecule has 1 aliphatic carbocycles. The second-order valence-corrected chi connectivity index (χ2v) is 10.6. The Balaban J connectivity index is 1.45. The van der Waals surface area contributed by atoms with E-state index in [1.54, 1.807) is 0 Å². The minimum absolute atomic E-state index is 0.0000849. The molecule has 0 aromatic heterocycles. The monoisotopic (exact) mass is 490 g/mol. The molecule has 1 aromatic rings. The van der Waals surface area contributed by atoms with Gasteiger partial charge in [0.2, 0.25) is 0 Å². The van der Waals surface area contributed by atoms with E-state index in [0.717, 1.165) is 50.8 Å². The van der Waals surface area contributed by atoms with E-state index < -0.39 is 11.6 Å². The third-order valence-corrected chi connectivity index (χ3v) is 6.62. The van der Waals surface area contributed by atoms with Gasteiger partial charge in [-0.2, -0.15) is 0 Å². The molecule has 35 heavy (non-hydrogen) atoms. The largest absolute Gasteiger partial charge is 0.493 e. The summed E-state index contributed by atoms with van der Waals surface area (Å²) in [6, 6.07) is 8.18. The molecule has 1 saturated heterocycles. The van der Waals surface area contributed by atoms with Gasteiger partial charge in [0.15, 0.2) is 0 Å². The van der Waals surface area contributed by atoms with E-state index >= 15 is 0 Å². The average Bonchev–Trinajstić information content (AvgIpc) is 2.80. The van der Waals surface area contributed by atoms with Crippen molar-refractivity contribution in [3.8, 4) is 5.75 Å². The van der Waals surface area contributed by atoms with Crippen molar-refractivity contribution in [2.75, 3.05) is 19.8 Å². The Morgan fingerprint density at radius 2 is 1.86 bits per heavy atom. The highest BCUT2D eigenvalue weighted by molar-refractivity contribution is 5.68. The molecule has 0 spiro atoms. The average molecular weight is 491 g/mol. The van der Waals surface area contributed by atoms with Crippen LogP contribution in [0.1, 0.15) is 83.6 Å². The first-order valence-corrected chi connectivity index (χ1v) is 13.0. The lowest BCUT2D eigenvalue weighted by Crippen LogP contribution is -2.56. The second-order valence-electron chi connectivity index (χ2n) is 10.6. The van der Waals surface area contributed by atoms with E-state index in [9.17, 15) is 9.59 Å². The molecule has 1 amide bonds. The van der Waals surface area contributed by atoms with Crippen LogP contribution >= 0.6 is 0 Å². The maximum absolute atomic E-state index is 12.3. The molecule has 8 heteroatoms. The normalized spacial score (nSPS) is 25.0. The molecule has 2 aliphatic rings. The number of carbonyl (C=O) groups excluding carboxylic acids is 1. The molecule has 0 radical (unpaired) electrons. The van der Waals surface area contributed by atoms with Gasteiger partial charge in [-0.15, -0.1) is 0 Å². The Morgan fingerprint density at radius 3 is 2.57 bits per heavy atom. The first-order valence-electron chi connectivity index (χ1n) is 13.0. The van der Waals surface area contributed by atoms with Gasteiger partial charge >= 0.3 is 12.1 Å². The standard InChI is InChI=1S/C27H42N2O6/c1-27(2,3)35-26(32)29-22-9-6-16-28-23(22)18-34-20-14-12-19(13-15-20)21-8-4-5-10-24(21)33-17-7-11-25(30)31/h4-5,8,10,19-20,22-23,28H,6-7,9,11-18H2,1-3H3,(H,29,32)(H,30,31)/t19?,20?,22-,23-/m0/s1. The van der Waals surface area contributed by atoms with E-state index in [4.69, 9.17) is 19.3 Å². The number of hydrogen-bond donors (Lipinski definition) is 3. The van der Waals surface area contributed by atoms with Gasteiger partial charge in [-0.25, -0.2) is 4.79 Å². The van der Waals surface area contributed by atoms with E-state index in [2.05, 4.69) is 16.7 Å². The number of ether oxygens (including phenoxy) is 3. The molecule has 3 rings (SSSR count). The quantitative estimate of drug-likeness (QED) is 0.411. The number of hydrogen-bond acceptors (Lipinski definition) is 6. The molecule has 1 aliphatic heterocycles. The molecule has 2 atom stereocenters. The first kappa shape index (κ1) is 27.3. The Bertz CT molecular complexity index is 816. The summed E-state index contributed by atoms with van der Waals surface area (Å²) in [7, 11) is 0.